The molecule has 1 saturated heterocycles. The van der Waals surface area contributed by atoms with Gasteiger partial charge < -0.3 is 9.64 Å². The number of hydrogen-bond acceptors (Lipinski definition) is 5. The maximum atomic E-state index is 11.9. The van der Waals surface area contributed by atoms with Crippen LogP contribution in [0.3, 0.4) is 0 Å². The van der Waals surface area contributed by atoms with Gasteiger partial charge in [0.2, 0.25) is 5.91 Å². The van der Waals surface area contributed by atoms with Crippen molar-refractivity contribution in [3.05, 3.63) is 28.7 Å². The number of carbonyl (C=O) groups is 3. The van der Waals surface area contributed by atoms with E-state index in [-0.39, 0.29) is 12.5 Å². The number of amides is 3. The number of ether oxygens (including phenoxy) is 1. The smallest absolute Gasteiger partial charge is 0.279 e. The third-order valence-corrected chi connectivity index (χ3v) is 4.40. The minimum absolute atomic E-state index is 0.0764. The molecule has 1 aliphatic heterocycles. The van der Waals surface area contributed by atoms with Gasteiger partial charge in [0.25, 0.3) is 11.8 Å². The van der Waals surface area contributed by atoms with Gasteiger partial charge in [-0.3, -0.25) is 25.2 Å². The molecule has 3 amide bonds. The van der Waals surface area contributed by atoms with Gasteiger partial charge in [0.1, 0.15) is 12.3 Å². The van der Waals surface area contributed by atoms with Crippen molar-refractivity contribution in [1.82, 2.24) is 15.8 Å². The fourth-order valence-electron chi connectivity index (χ4n) is 1.78. The van der Waals surface area contributed by atoms with Gasteiger partial charge in [0.05, 0.1) is 11.6 Å². The van der Waals surface area contributed by atoms with Gasteiger partial charge in [0, 0.05) is 4.47 Å². The molecule has 2 N–H and O–H groups in total. The number of rotatable bonds is 5. The minimum Gasteiger partial charge on any atom is -0.481 e. The average Bonchev–Trinajstić information content (AvgIpc) is 2.90. The van der Waals surface area contributed by atoms with Crippen molar-refractivity contribution in [2.45, 2.75) is 13.0 Å². The lowest BCUT2D eigenvalue weighted by Gasteiger charge is -2.17. The van der Waals surface area contributed by atoms with Crippen LogP contribution in [0.25, 0.3) is 0 Å². The molecule has 23 heavy (non-hydrogen) atoms. The standard InChI is InChI=1S/C14H16BrN3O4S/c1-9(22-11-4-2-3-10(15)5-11)14(21)17-16-12(19)6-18-8-23-7-13(18)20/h2-5,9H,6-8H2,1H3,(H,16,19)(H,17,21)/t9-/m1/s1. The second kappa shape index (κ2) is 8.21. The summed E-state index contributed by atoms with van der Waals surface area (Å²) in [6.45, 7) is 1.50. The van der Waals surface area contributed by atoms with Crippen molar-refractivity contribution < 1.29 is 19.1 Å². The molecule has 9 heteroatoms. The van der Waals surface area contributed by atoms with Crippen LogP contribution in [0.4, 0.5) is 0 Å². The Morgan fingerprint density at radius 3 is 2.87 bits per heavy atom. The first-order valence-electron chi connectivity index (χ1n) is 6.82. The molecule has 0 saturated carbocycles. The van der Waals surface area contributed by atoms with Gasteiger partial charge in [-0.15, -0.1) is 11.8 Å². The van der Waals surface area contributed by atoms with Crippen LogP contribution in [0.5, 0.6) is 5.75 Å². The predicted octanol–water partition coefficient (Wildman–Crippen LogP) is 0.897. The summed E-state index contributed by atoms with van der Waals surface area (Å²) in [6, 6.07) is 7.09. The number of hydrazine groups is 1. The summed E-state index contributed by atoms with van der Waals surface area (Å²) in [4.78, 5) is 36.4. The van der Waals surface area contributed by atoms with E-state index in [1.54, 1.807) is 25.1 Å². The van der Waals surface area contributed by atoms with Gasteiger partial charge in [-0.2, -0.15) is 0 Å². The van der Waals surface area contributed by atoms with Gasteiger partial charge in [0.15, 0.2) is 6.10 Å². The van der Waals surface area contributed by atoms with E-state index in [0.717, 1.165) is 4.47 Å². The van der Waals surface area contributed by atoms with Crippen LogP contribution in [-0.2, 0) is 14.4 Å². The van der Waals surface area contributed by atoms with E-state index in [4.69, 9.17) is 4.74 Å². The van der Waals surface area contributed by atoms with E-state index in [0.29, 0.717) is 17.4 Å². The maximum Gasteiger partial charge on any atom is 0.279 e. The molecule has 0 bridgehead atoms. The highest BCUT2D eigenvalue weighted by atomic mass is 79.9. The maximum absolute atomic E-state index is 11.9. The van der Waals surface area contributed by atoms with Crippen molar-refractivity contribution in [3.8, 4) is 5.75 Å². The lowest BCUT2D eigenvalue weighted by molar-refractivity contribution is -0.135. The van der Waals surface area contributed by atoms with Crippen LogP contribution < -0.4 is 15.6 Å². The fraction of sp³-hybridized carbons (Fsp3) is 0.357. The van der Waals surface area contributed by atoms with E-state index in [1.807, 2.05) is 6.07 Å². The van der Waals surface area contributed by atoms with Crippen LogP contribution in [0, 0.1) is 0 Å². The summed E-state index contributed by atoms with van der Waals surface area (Å²) in [6.07, 6.45) is -0.784. The van der Waals surface area contributed by atoms with Gasteiger partial charge in [-0.1, -0.05) is 22.0 Å². The third-order valence-electron chi connectivity index (χ3n) is 2.96. The zero-order valence-electron chi connectivity index (χ0n) is 12.4. The fourth-order valence-corrected chi connectivity index (χ4v) is 3.07. The van der Waals surface area contributed by atoms with Crippen LogP contribution in [-0.4, -0.2) is 46.9 Å². The lowest BCUT2D eigenvalue weighted by Crippen LogP contribution is -2.50. The Hall–Kier alpha value is -1.74. The number of halogens is 1. The largest absolute Gasteiger partial charge is 0.481 e. The summed E-state index contributed by atoms with van der Waals surface area (Å²) < 4.78 is 6.32. The van der Waals surface area contributed by atoms with Crippen LogP contribution >= 0.6 is 27.7 Å². The van der Waals surface area contributed by atoms with Crippen molar-refractivity contribution >= 4 is 45.4 Å². The van der Waals surface area contributed by atoms with Crippen molar-refractivity contribution in [3.63, 3.8) is 0 Å². The lowest BCUT2D eigenvalue weighted by atomic mass is 10.3. The topological polar surface area (TPSA) is 87.7 Å². The molecule has 124 valence electrons. The first-order chi connectivity index (χ1) is 11.0. The Morgan fingerprint density at radius 1 is 1.43 bits per heavy atom. The van der Waals surface area contributed by atoms with E-state index in [9.17, 15) is 14.4 Å². The summed E-state index contributed by atoms with van der Waals surface area (Å²) in [5.41, 5.74) is 4.56. The number of nitrogens with one attached hydrogen (secondary N) is 2. The highest BCUT2D eigenvalue weighted by Crippen LogP contribution is 2.18. The second-order valence-electron chi connectivity index (χ2n) is 4.82. The summed E-state index contributed by atoms with van der Waals surface area (Å²) in [5, 5.41) is 0. The molecule has 2 rings (SSSR count). The predicted molar refractivity (Wildman–Crippen MR) is 89.6 cm³/mol. The van der Waals surface area contributed by atoms with Gasteiger partial charge >= 0.3 is 0 Å². The summed E-state index contributed by atoms with van der Waals surface area (Å²) >= 11 is 4.76. The zero-order valence-corrected chi connectivity index (χ0v) is 14.8. The number of hydrogen-bond donors (Lipinski definition) is 2. The van der Waals surface area contributed by atoms with Gasteiger partial charge in [-0.25, -0.2) is 0 Å². The van der Waals surface area contributed by atoms with Crippen LogP contribution in [0.1, 0.15) is 6.92 Å². The average molecular weight is 402 g/mol. The van der Waals surface area contributed by atoms with E-state index in [1.165, 1.54) is 16.7 Å². The Labute approximate surface area is 146 Å². The molecule has 1 heterocycles. The molecule has 0 aromatic heterocycles. The van der Waals surface area contributed by atoms with E-state index in [2.05, 4.69) is 26.8 Å². The third kappa shape index (κ3) is 5.43. The molecule has 1 fully saturated rings. The Balaban J connectivity index is 1.75. The van der Waals surface area contributed by atoms with Crippen molar-refractivity contribution in [2.24, 2.45) is 0 Å². The molecule has 0 unspecified atom stereocenters. The molecule has 1 aromatic rings. The minimum atomic E-state index is -0.784. The molecule has 1 aliphatic rings. The number of carbonyl (C=O) groups excluding carboxylic acids is 3. The van der Waals surface area contributed by atoms with E-state index >= 15 is 0 Å². The van der Waals surface area contributed by atoms with Crippen molar-refractivity contribution in [1.29, 1.82) is 0 Å². The second-order valence-corrected chi connectivity index (χ2v) is 6.69. The Bertz CT molecular complexity index is 613. The molecular formula is C14H16BrN3O4S. The van der Waals surface area contributed by atoms with Crippen LogP contribution in [0.2, 0.25) is 0 Å². The molecule has 0 radical (unpaired) electrons. The number of nitrogens with zero attached hydrogens (tertiary/aromatic N) is 1. The SMILES string of the molecule is C[C@@H](Oc1cccc(Br)c1)C(=O)NNC(=O)CN1CSCC1=O. The number of benzene rings is 1. The first-order valence-corrected chi connectivity index (χ1v) is 8.77. The quantitative estimate of drug-likeness (QED) is 0.715. The van der Waals surface area contributed by atoms with E-state index < -0.39 is 17.9 Å². The molecule has 1 aromatic carbocycles. The summed E-state index contributed by atoms with van der Waals surface area (Å²) in [7, 11) is 0. The molecule has 0 aliphatic carbocycles. The Morgan fingerprint density at radius 2 is 2.22 bits per heavy atom. The first kappa shape index (κ1) is 17.6. The summed E-state index contributed by atoms with van der Waals surface area (Å²) in [5.74, 6) is 0.389. The molecule has 7 nitrogen and oxygen atoms in total. The Kier molecular flexibility index (Phi) is 6.28. The zero-order chi connectivity index (χ0) is 16.8. The van der Waals surface area contributed by atoms with Gasteiger partial charge in [-0.05, 0) is 25.1 Å². The van der Waals surface area contributed by atoms with Crippen molar-refractivity contribution in [2.75, 3.05) is 18.2 Å². The number of thioether (sulfide) groups is 1. The molecule has 1 atom stereocenters. The highest BCUT2D eigenvalue weighted by Gasteiger charge is 2.23. The highest BCUT2D eigenvalue weighted by molar-refractivity contribution is 9.10. The monoisotopic (exact) mass is 401 g/mol. The van der Waals surface area contributed by atoms with Crippen LogP contribution in [0.15, 0.2) is 28.7 Å². The molecule has 0 spiro atoms. The normalized spacial score (nSPS) is 15.2. The molecular weight excluding hydrogens is 386 g/mol.